The SMILES string of the molecule is CC(Cn1cnc2ccccc21)(NC(=O)C1CC1)C(=O)O. The summed E-state index contributed by atoms with van der Waals surface area (Å²) in [5.74, 6) is -1.25. The summed E-state index contributed by atoms with van der Waals surface area (Å²) in [5.41, 5.74) is 0.313. The number of aromatic nitrogens is 2. The maximum Gasteiger partial charge on any atom is 0.331 e. The number of benzene rings is 1. The van der Waals surface area contributed by atoms with E-state index in [1.807, 2.05) is 24.3 Å². The minimum Gasteiger partial charge on any atom is -0.479 e. The molecule has 2 aromatic rings. The van der Waals surface area contributed by atoms with Gasteiger partial charge in [0.25, 0.3) is 0 Å². The normalized spacial score (nSPS) is 17.4. The predicted octanol–water partition coefficient (Wildman–Crippen LogP) is 1.41. The van der Waals surface area contributed by atoms with Crippen molar-refractivity contribution in [3.63, 3.8) is 0 Å². The second-order valence-corrected chi connectivity index (χ2v) is 5.76. The molecule has 1 aliphatic carbocycles. The Morgan fingerprint density at radius 1 is 1.43 bits per heavy atom. The van der Waals surface area contributed by atoms with Gasteiger partial charge in [0.05, 0.1) is 23.9 Å². The Bertz CT molecular complexity index is 705. The van der Waals surface area contributed by atoms with Gasteiger partial charge < -0.3 is 15.0 Å². The van der Waals surface area contributed by atoms with Crippen LogP contribution in [-0.4, -0.2) is 32.1 Å². The molecule has 6 heteroatoms. The third-order valence-corrected chi connectivity index (χ3v) is 3.83. The van der Waals surface area contributed by atoms with Crippen LogP contribution < -0.4 is 5.32 Å². The van der Waals surface area contributed by atoms with Gasteiger partial charge in [-0.05, 0) is 31.9 Å². The molecule has 1 aromatic carbocycles. The first kappa shape index (κ1) is 13.6. The van der Waals surface area contributed by atoms with E-state index >= 15 is 0 Å². The Labute approximate surface area is 121 Å². The Hall–Kier alpha value is -2.37. The molecule has 1 heterocycles. The van der Waals surface area contributed by atoms with E-state index in [1.54, 1.807) is 10.9 Å². The van der Waals surface area contributed by atoms with Crippen LogP contribution in [0.5, 0.6) is 0 Å². The lowest BCUT2D eigenvalue weighted by atomic mass is 10.0. The fourth-order valence-electron chi connectivity index (χ4n) is 2.36. The van der Waals surface area contributed by atoms with Crippen LogP contribution in [0.15, 0.2) is 30.6 Å². The molecule has 1 amide bonds. The number of nitrogens with zero attached hydrogens (tertiary/aromatic N) is 2. The van der Waals surface area contributed by atoms with Gasteiger partial charge in [0.2, 0.25) is 5.91 Å². The van der Waals surface area contributed by atoms with E-state index in [0.29, 0.717) is 0 Å². The van der Waals surface area contributed by atoms with Crippen LogP contribution in [0.1, 0.15) is 19.8 Å². The lowest BCUT2D eigenvalue weighted by Gasteiger charge is -2.27. The molecule has 0 aliphatic heterocycles. The van der Waals surface area contributed by atoms with Crippen molar-refractivity contribution in [2.45, 2.75) is 31.8 Å². The molecule has 1 atom stereocenters. The van der Waals surface area contributed by atoms with Gasteiger partial charge in [0.1, 0.15) is 0 Å². The first-order valence-electron chi connectivity index (χ1n) is 6.95. The largest absolute Gasteiger partial charge is 0.479 e. The fourth-order valence-corrected chi connectivity index (χ4v) is 2.36. The van der Waals surface area contributed by atoms with E-state index in [2.05, 4.69) is 10.3 Å². The van der Waals surface area contributed by atoms with Gasteiger partial charge in [-0.1, -0.05) is 12.1 Å². The van der Waals surface area contributed by atoms with E-state index in [-0.39, 0.29) is 18.4 Å². The number of nitrogens with one attached hydrogen (secondary N) is 1. The number of aliphatic carboxylic acids is 1. The van der Waals surface area contributed by atoms with Gasteiger partial charge >= 0.3 is 5.97 Å². The number of carboxylic acid groups (broad SMARTS) is 1. The minimum atomic E-state index is -1.34. The highest BCUT2D eigenvalue weighted by Gasteiger charge is 2.40. The molecule has 3 rings (SSSR count). The molecule has 0 bridgehead atoms. The Kier molecular flexibility index (Phi) is 3.16. The monoisotopic (exact) mass is 287 g/mol. The van der Waals surface area contributed by atoms with Crippen molar-refractivity contribution in [1.29, 1.82) is 0 Å². The summed E-state index contributed by atoms with van der Waals surface area (Å²) < 4.78 is 1.76. The zero-order valence-electron chi connectivity index (χ0n) is 11.7. The molecule has 0 spiro atoms. The summed E-state index contributed by atoms with van der Waals surface area (Å²) in [6.07, 6.45) is 3.29. The molecule has 21 heavy (non-hydrogen) atoms. The molecule has 1 saturated carbocycles. The molecule has 1 aromatic heterocycles. The summed E-state index contributed by atoms with van der Waals surface area (Å²) in [6, 6.07) is 7.51. The molecule has 110 valence electrons. The van der Waals surface area contributed by atoms with E-state index in [0.717, 1.165) is 23.9 Å². The highest BCUT2D eigenvalue weighted by Crippen LogP contribution is 2.29. The Balaban J connectivity index is 1.87. The zero-order chi connectivity index (χ0) is 15.0. The molecule has 0 saturated heterocycles. The number of amides is 1. The molecule has 1 fully saturated rings. The van der Waals surface area contributed by atoms with Gasteiger partial charge in [0.15, 0.2) is 5.54 Å². The van der Waals surface area contributed by atoms with Crippen molar-refractivity contribution in [3.05, 3.63) is 30.6 Å². The first-order valence-corrected chi connectivity index (χ1v) is 6.95. The third kappa shape index (κ3) is 2.61. The van der Waals surface area contributed by atoms with Gasteiger partial charge in [-0.2, -0.15) is 0 Å². The van der Waals surface area contributed by atoms with Gasteiger partial charge in [-0.25, -0.2) is 9.78 Å². The molecule has 2 N–H and O–H groups in total. The first-order chi connectivity index (χ1) is 9.99. The second kappa shape index (κ2) is 4.87. The number of para-hydroxylation sites is 2. The van der Waals surface area contributed by atoms with Crippen molar-refractivity contribution in [1.82, 2.24) is 14.9 Å². The van der Waals surface area contributed by atoms with E-state index in [1.165, 1.54) is 6.92 Å². The molecule has 1 aliphatic rings. The lowest BCUT2D eigenvalue weighted by Crippen LogP contribution is -2.55. The number of carboxylic acids is 1. The summed E-state index contributed by atoms with van der Waals surface area (Å²) in [7, 11) is 0. The van der Waals surface area contributed by atoms with Gasteiger partial charge in [-0.3, -0.25) is 4.79 Å². The van der Waals surface area contributed by atoms with E-state index < -0.39 is 11.5 Å². The van der Waals surface area contributed by atoms with Crippen LogP contribution in [0.4, 0.5) is 0 Å². The van der Waals surface area contributed by atoms with E-state index in [9.17, 15) is 14.7 Å². The minimum absolute atomic E-state index is 0.0248. The molecule has 0 radical (unpaired) electrons. The van der Waals surface area contributed by atoms with Crippen molar-refractivity contribution in [3.8, 4) is 0 Å². The standard InChI is InChI=1S/C15H17N3O3/c1-15(14(20)21,17-13(19)10-6-7-10)8-18-9-16-11-4-2-3-5-12(11)18/h2-5,9-10H,6-8H2,1H3,(H,17,19)(H,20,21). The Morgan fingerprint density at radius 2 is 2.14 bits per heavy atom. The predicted molar refractivity (Wildman–Crippen MR) is 76.6 cm³/mol. The average molecular weight is 287 g/mol. The average Bonchev–Trinajstić information content (AvgIpc) is 3.23. The third-order valence-electron chi connectivity index (χ3n) is 3.83. The van der Waals surface area contributed by atoms with Crippen molar-refractivity contribution >= 4 is 22.9 Å². The highest BCUT2D eigenvalue weighted by atomic mass is 16.4. The summed E-state index contributed by atoms with van der Waals surface area (Å²) in [5, 5.41) is 12.2. The van der Waals surface area contributed by atoms with Crippen LogP contribution >= 0.6 is 0 Å². The van der Waals surface area contributed by atoms with Crippen LogP contribution in [0.25, 0.3) is 11.0 Å². The van der Waals surface area contributed by atoms with Crippen LogP contribution in [-0.2, 0) is 16.1 Å². The fraction of sp³-hybridized carbons (Fsp3) is 0.400. The molecular formula is C15H17N3O3. The number of carbonyl (C=O) groups excluding carboxylic acids is 1. The second-order valence-electron chi connectivity index (χ2n) is 5.76. The number of imidazole rings is 1. The van der Waals surface area contributed by atoms with Gasteiger partial charge in [-0.15, -0.1) is 0 Å². The zero-order valence-corrected chi connectivity index (χ0v) is 11.7. The lowest BCUT2D eigenvalue weighted by molar-refractivity contribution is -0.147. The topological polar surface area (TPSA) is 84.2 Å². The van der Waals surface area contributed by atoms with E-state index in [4.69, 9.17) is 0 Å². The van der Waals surface area contributed by atoms with Crippen LogP contribution in [0.2, 0.25) is 0 Å². The van der Waals surface area contributed by atoms with Gasteiger partial charge in [0, 0.05) is 5.92 Å². The van der Waals surface area contributed by atoms with Crippen molar-refractivity contribution in [2.24, 2.45) is 5.92 Å². The number of fused-ring (bicyclic) bond motifs is 1. The number of hydrogen-bond donors (Lipinski definition) is 2. The summed E-state index contributed by atoms with van der Waals surface area (Å²) >= 11 is 0. The summed E-state index contributed by atoms with van der Waals surface area (Å²) in [4.78, 5) is 27.8. The maximum absolute atomic E-state index is 11.9. The molecule has 1 unspecified atom stereocenters. The van der Waals surface area contributed by atoms with Crippen molar-refractivity contribution in [2.75, 3.05) is 0 Å². The number of hydrogen-bond acceptors (Lipinski definition) is 3. The summed E-state index contributed by atoms with van der Waals surface area (Å²) in [6.45, 7) is 1.67. The maximum atomic E-state index is 11.9. The van der Waals surface area contributed by atoms with Crippen LogP contribution in [0.3, 0.4) is 0 Å². The van der Waals surface area contributed by atoms with Crippen molar-refractivity contribution < 1.29 is 14.7 Å². The number of carbonyl (C=O) groups is 2. The molecule has 6 nitrogen and oxygen atoms in total. The molecular weight excluding hydrogens is 270 g/mol. The quantitative estimate of drug-likeness (QED) is 0.870. The smallest absolute Gasteiger partial charge is 0.331 e. The Morgan fingerprint density at radius 3 is 2.81 bits per heavy atom. The van der Waals surface area contributed by atoms with Crippen LogP contribution in [0, 0.1) is 5.92 Å². The number of rotatable bonds is 5. The highest BCUT2D eigenvalue weighted by molar-refractivity contribution is 5.89.